The fraction of sp³-hybridized carbons (Fsp3) is 0.550. The van der Waals surface area contributed by atoms with Crippen LogP contribution in [0.1, 0.15) is 94.1 Å². The molecule has 1 aromatic carbocycles. The maximum atomic E-state index is 14.4. The lowest BCUT2D eigenvalue weighted by Crippen LogP contribution is -2.60. The Bertz CT molecular complexity index is 1710. The molecule has 6 amide bonds. The third kappa shape index (κ3) is 13.5. The summed E-state index contributed by atoms with van der Waals surface area (Å²) in [6, 6.07) is 6.73. The van der Waals surface area contributed by atoms with Crippen LogP contribution in [0.4, 0.5) is 5.69 Å². The van der Waals surface area contributed by atoms with Crippen LogP contribution in [0.15, 0.2) is 53.7 Å². The number of rotatable bonds is 19. The van der Waals surface area contributed by atoms with E-state index >= 15 is 0 Å². The highest BCUT2D eigenvalue weighted by molar-refractivity contribution is 5.98. The lowest BCUT2D eigenvalue weighted by atomic mass is 9.83. The average molecular weight is 790 g/mol. The number of benzene rings is 1. The molecule has 2 aliphatic rings. The van der Waals surface area contributed by atoms with E-state index in [1.54, 1.807) is 36.4 Å². The smallest absolute Gasteiger partial charge is 0.270 e. The summed E-state index contributed by atoms with van der Waals surface area (Å²) < 4.78 is 0. The van der Waals surface area contributed by atoms with Crippen LogP contribution < -0.4 is 44.2 Å². The van der Waals surface area contributed by atoms with Crippen LogP contribution in [0.25, 0.3) is 0 Å². The molecule has 17 nitrogen and oxygen atoms in total. The van der Waals surface area contributed by atoms with Gasteiger partial charge in [-0.3, -0.25) is 38.7 Å². The fourth-order valence-corrected chi connectivity index (χ4v) is 7.47. The highest BCUT2D eigenvalue weighted by Crippen LogP contribution is 2.27. The van der Waals surface area contributed by atoms with Crippen molar-refractivity contribution in [3.63, 3.8) is 0 Å². The number of nitrogens with one attached hydrogen (secondary N) is 4. The molecule has 1 aromatic heterocycles. The van der Waals surface area contributed by atoms with Crippen molar-refractivity contribution in [2.24, 2.45) is 34.0 Å². The van der Waals surface area contributed by atoms with Crippen molar-refractivity contribution >= 4 is 47.1 Å². The molecule has 0 bridgehead atoms. The molecular weight excluding hydrogens is 731 g/mol. The zero-order valence-electron chi connectivity index (χ0n) is 33.0. The molecular formula is C40H59N11O6. The van der Waals surface area contributed by atoms with Crippen LogP contribution in [0, 0.1) is 11.8 Å². The van der Waals surface area contributed by atoms with Gasteiger partial charge in [-0.15, -0.1) is 0 Å². The molecule has 17 heteroatoms. The van der Waals surface area contributed by atoms with E-state index in [1.165, 1.54) is 17.2 Å². The number of nitrogens with two attached hydrogens (primary N) is 4. The van der Waals surface area contributed by atoms with E-state index in [0.29, 0.717) is 44.3 Å². The molecule has 1 saturated heterocycles. The van der Waals surface area contributed by atoms with Gasteiger partial charge in [-0.2, -0.15) is 0 Å². The molecule has 1 saturated carbocycles. The van der Waals surface area contributed by atoms with Gasteiger partial charge in [-0.25, -0.2) is 0 Å². The van der Waals surface area contributed by atoms with Gasteiger partial charge >= 0.3 is 0 Å². The minimum atomic E-state index is -1.14. The quantitative estimate of drug-likeness (QED) is 0.0425. The first-order chi connectivity index (χ1) is 27.2. The van der Waals surface area contributed by atoms with Crippen molar-refractivity contribution in [3.8, 4) is 0 Å². The van der Waals surface area contributed by atoms with Gasteiger partial charge in [0.2, 0.25) is 29.5 Å². The van der Waals surface area contributed by atoms with E-state index in [1.807, 2.05) is 13.8 Å². The van der Waals surface area contributed by atoms with Crippen molar-refractivity contribution < 1.29 is 28.8 Å². The lowest BCUT2D eigenvalue weighted by Gasteiger charge is -2.33. The highest BCUT2D eigenvalue weighted by Gasteiger charge is 2.39. The number of nitrogens with zero attached hydrogens (tertiary/aromatic N) is 3. The molecule has 4 rings (SSSR count). The van der Waals surface area contributed by atoms with Gasteiger partial charge in [-0.1, -0.05) is 51.3 Å². The number of pyridine rings is 1. The molecule has 0 spiro atoms. The second kappa shape index (κ2) is 21.5. The number of likely N-dealkylation sites (tertiary alicyclic amines) is 1. The third-order valence-electron chi connectivity index (χ3n) is 10.4. The standard InChI is InChI=1S/C40H59N11O6/c1-24(2)22-31(39(57)51-21-9-14-32(51)34(42)52)49-36(54)29(13-8-20-46-40(43)44)47-38(56)33(26-10-4-3-5-11-26)50-37(55)30(23-25-15-17-27(41)18-16-25)48-35(53)28-12-6-7-19-45-28/h6-7,12,15-19,24,26,29-33H,3-5,8-11,13-14,20-23,41H2,1-2H3,(H2,42,52)(H,47,56)(H,48,53)(H,49,54)(H,50,55)(H4,43,44,46)/t29-,30-,31-,32-,33-/m0/s1. The van der Waals surface area contributed by atoms with E-state index in [2.05, 4.69) is 31.2 Å². The van der Waals surface area contributed by atoms with Crippen molar-refractivity contribution in [1.82, 2.24) is 31.2 Å². The first-order valence-corrected chi connectivity index (χ1v) is 19.9. The second-order valence-corrected chi connectivity index (χ2v) is 15.4. The largest absolute Gasteiger partial charge is 0.399 e. The monoisotopic (exact) mass is 789 g/mol. The predicted octanol–water partition coefficient (Wildman–Crippen LogP) is 0.616. The van der Waals surface area contributed by atoms with E-state index in [-0.39, 0.29) is 49.3 Å². The number of guanidine groups is 1. The second-order valence-electron chi connectivity index (χ2n) is 15.4. The number of nitrogen functional groups attached to an aromatic ring is 1. The van der Waals surface area contributed by atoms with Crippen molar-refractivity contribution in [2.75, 3.05) is 18.8 Å². The topological polar surface area (TPSA) is 283 Å². The Morgan fingerprint density at radius 3 is 2.12 bits per heavy atom. The summed E-state index contributed by atoms with van der Waals surface area (Å²) in [7, 11) is 0. The van der Waals surface area contributed by atoms with Gasteiger partial charge in [0.05, 0.1) is 0 Å². The molecule has 12 N–H and O–H groups in total. The van der Waals surface area contributed by atoms with Crippen LogP contribution in [0.2, 0.25) is 0 Å². The fourth-order valence-electron chi connectivity index (χ4n) is 7.47. The Morgan fingerprint density at radius 2 is 1.49 bits per heavy atom. The predicted molar refractivity (Wildman–Crippen MR) is 216 cm³/mol. The first kappa shape index (κ1) is 44.0. The Hall–Kier alpha value is -5.74. The molecule has 5 atom stereocenters. The van der Waals surface area contributed by atoms with Gasteiger partial charge < -0.3 is 49.1 Å². The number of anilines is 1. The van der Waals surface area contributed by atoms with Crippen LogP contribution in [0.3, 0.4) is 0 Å². The first-order valence-electron chi connectivity index (χ1n) is 19.9. The summed E-state index contributed by atoms with van der Waals surface area (Å²) in [4.78, 5) is 91.5. The maximum absolute atomic E-state index is 14.4. The molecule has 1 aliphatic heterocycles. The number of carbonyl (C=O) groups is 6. The van der Waals surface area contributed by atoms with Gasteiger partial charge in [0.1, 0.15) is 35.9 Å². The van der Waals surface area contributed by atoms with Crippen LogP contribution in [-0.4, -0.2) is 94.6 Å². The molecule has 310 valence electrons. The summed E-state index contributed by atoms with van der Waals surface area (Å²) >= 11 is 0. The van der Waals surface area contributed by atoms with E-state index < -0.39 is 65.7 Å². The van der Waals surface area contributed by atoms with Crippen molar-refractivity contribution in [1.29, 1.82) is 0 Å². The van der Waals surface area contributed by atoms with Gasteiger partial charge in [-0.05, 0) is 86.6 Å². The van der Waals surface area contributed by atoms with E-state index in [0.717, 1.165) is 24.8 Å². The highest BCUT2D eigenvalue weighted by atomic mass is 16.2. The summed E-state index contributed by atoms with van der Waals surface area (Å²) in [6.45, 7) is 4.33. The average Bonchev–Trinajstić information content (AvgIpc) is 3.69. The summed E-state index contributed by atoms with van der Waals surface area (Å²) in [5, 5.41) is 11.5. The number of hydrogen-bond acceptors (Lipinski definition) is 9. The summed E-state index contributed by atoms with van der Waals surface area (Å²) in [5.41, 5.74) is 23.9. The Labute approximate surface area is 333 Å². The van der Waals surface area contributed by atoms with Crippen LogP contribution in [-0.2, 0) is 30.4 Å². The maximum Gasteiger partial charge on any atom is 0.270 e. The molecule has 0 unspecified atom stereocenters. The SMILES string of the molecule is CC(C)C[C@H](NC(=O)[C@H](CCCN=C(N)N)NC(=O)[C@@H](NC(=O)[C@H](Cc1ccc(N)cc1)NC(=O)c1ccccn1)C1CCCCC1)C(=O)N1CCC[C@H]1C(N)=O. The molecule has 2 aromatic rings. The van der Waals surface area contributed by atoms with E-state index in [9.17, 15) is 28.8 Å². The normalized spacial score (nSPS) is 17.7. The zero-order valence-corrected chi connectivity index (χ0v) is 33.0. The molecule has 1 aliphatic carbocycles. The van der Waals surface area contributed by atoms with Crippen LogP contribution >= 0.6 is 0 Å². The van der Waals surface area contributed by atoms with Crippen molar-refractivity contribution in [2.45, 2.75) is 115 Å². The third-order valence-corrected chi connectivity index (χ3v) is 10.4. The van der Waals surface area contributed by atoms with Gasteiger partial charge in [0.15, 0.2) is 5.96 Å². The molecule has 57 heavy (non-hydrogen) atoms. The zero-order chi connectivity index (χ0) is 41.5. The van der Waals surface area contributed by atoms with Crippen molar-refractivity contribution in [3.05, 3.63) is 59.9 Å². The van der Waals surface area contributed by atoms with E-state index in [4.69, 9.17) is 22.9 Å². The molecule has 0 radical (unpaired) electrons. The van der Waals surface area contributed by atoms with Gasteiger partial charge in [0, 0.05) is 31.4 Å². The summed E-state index contributed by atoms with van der Waals surface area (Å²) in [5.74, 6) is -3.77. The molecule has 2 fully saturated rings. The molecule has 2 heterocycles. The number of hydrogen-bond donors (Lipinski definition) is 8. The Kier molecular flexibility index (Phi) is 16.6. The minimum Gasteiger partial charge on any atom is -0.399 e. The number of primary amides is 1. The lowest BCUT2D eigenvalue weighted by molar-refractivity contribution is -0.141. The number of aromatic nitrogens is 1. The number of aliphatic imine (C=N–C) groups is 1. The van der Waals surface area contributed by atoms with Crippen LogP contribution in [0.5, 0.6) is 0 Å². The Morgan fingerprint density at radius 1 is 0.807 bits per heavy atom. The number of carbonyl (C=O) groups excluding carboxylic acids is 6. The Balaban J connectivity index is 1.59. The summed E-state index contributed by atoms with van der Waals surface area (Å²) in [6.07, 6.45) is 7.29. The van der Waals surface area contributed by atoms with Gasteiger partial charge in [0.25, 0.3) is 5.91 Å². The number of amides is 6. The minimum absolute atomic E-state index is 0.00552.